The smallest absolute Gasteiger partial charge is 0.238 e. The highest BCUT2D eigenvalue weighted by Crippen LogP contribution is 2.19. The van der Waals surface area contributed by atoms with Gasteiger partial charge in [-0.05, 0) is 26.0 Å². The molecular weight excluding hydrogens is 366 g/mol. The Morgan fingerprint density at radius 3 is 2.45 bits per heavy atom. The maximum absolute atomic E-state index is 12.5. The topological polar surface area (TPSA) is 78.4 Å². The van der Waals surface area contributed by atoms with Crippen molar-refractivity contribution in [2.75, 3.05) is 42.9 Å². The molecule has 0 aliphatic carbocycles. The van der Waals surface area contributed by atoms with E-state index in [0.29, 0.717) is 17.8 Å². The standard InChI is InChI=1S/C22H29N5O2/c1-15(2)22-23-16(3)13-20(25-22)27-11-9-26(10-12-27)14-21(29)24-19-8-6-5-7-18(19)17(4)28/h5-8,13,15H,9-12,14H2,1-4H3,(H,24,29). The average molecular weight is 396 g/mol. The first kappa shape index (κ1) is 20.9. The molecule has 1 aliphatic heterocycles. The lowest BCUT2D eigenvalue weighted by Gasteiger charge is -2.35. The van der Waals surface area contributed by atoms with E-state index >= 15 is 0 Å². The molecule has 0 bridgehead atoms. The number of para-hydroxylation sites is 1. The largest absolute Gasteiger partial charge is 0.354 e. The zero-order chi connectivity index (χ0) is 21.0. The Morgan fingerprint density at radius 1 is 1.10 bits per heavy atom. The molecule has 3 rings (SSSR count). The number of benzene rings is 1. The number of Topliss-reactive ketones (excluding diaryl/α,β-unsaturated/α-hetero) is 1. The third-order valence-corrected chi connectivity index (χ3v) is 5.02. The van der Waals surface area contributed by atoms with Crippen molar-refractivity contribution >= 4 is 23.2 Å². The lowest BCUT2D eigenvalue weighted by molar-refractivity contribution is -0.117. The van der Waals surface area contributed by atoms with Crippen molar-refractivity contribution < 1.29 is 9.59 Å². The van der Waals surface area contributed by atoms with Crippen molar-refractivity contribution in [3.63, 3.8) is 0 Å². The van der Waals surface area contributed by atoms with E-state index in [9.17, 15) is 9.59 Å². The van der Waals surface area contributed by atoms with Gasteiger partial charge in [-0.2, -0.15) is 0 Å². The van der Waals surface area contributed by atoms with Gasteiger partial charge in [-0.25, -0.2) is 9.97 Å². The quantitative estimate of drug-likeness (QED) is 0.758. The highest BCUT2D eigenvalue weighted by atomic mass is 16.2. The number of aryl methyl sites for hydroxylation is 1. The zero-order valence-corrected chi connectivity index (χ0v) is 17.6. The molecule has 1 fully saturated rings. The van der Waals surface area contributed by atoms with Crippen LogP contribution in [-0.4, -0.2) is 59.3 Å². The highest BCUT2D eigenvalue weighted by Gasteiger charge is 2.21. The van der Waals surface area contributed by atoms with Crippen molar-refractivity contribution in [2.45, 2.75) is 33.6 Å². The van der Waals surface area contributed by atoms with Gasteiger partial charge in [0, 0.05) is 49.4 Å². The Balaban J connectivity index is 1.56. The van der Waals surface area contributed by atoms with Crippen molar-refractivity contribution in [2.24, 2.45) is 0 Å². The number of ketones is 1. The molecule has 1 aromatic carbocycles. The number of carbonyl (C=O) groups excluding carboxylic acids is 2. The molecule has 1 saturated heterocycles. The predicted octanol–water partition coefficient (Wildman–Crippen LogP) is 2.87. The summed E-state index contributed by atoms with van der Waals surface area (Å²) in [5.41, 5.74) is 2.08. The summed E-state index contributed by atoms with van der Waals surface area (Å²) in [5, 5.41) is 2.87. The molecule has 0 atom stereocenters. The SMILES string of the molecule is CC(=O)c1ccccc1NC(=O)CN1CCN(c2cc(C)nc(C(C)C)n2)CC1. The van der Waals surface area contributed by atoms with Gasteiger partial charge in [0.1, 0.15) is 11.6 Å². The summed E-state index contributed by atoms with van der Waals surface area (Å²) in [4.78, 5) is 37.8. The molecule has 2 aromatic rings. The number of nitrogens with zero attached hydrogens (tertiary/aromatic N) is 4. The number of carbonyl (C=O) groups is 2. The van der Waals surface area contributed by atoms with Crippen LogP contribution < -0.4 is 10.2 Å². The maximum atomic E-state index is 12.5. The van der Waals surface area contributed by atoms with Crippen molar-refractivity contribution in [1.29, 1.82) is 0 Å². The lowest BCUT2D eigenvalue weighted by Crippen LogP contribution is -2.49. The van der Waals surface area contributed by atoms with Crippen LogP contribution in [-0.2, 0) is 4.79 Å². The van der Waals surface area contributed by atoms with Crippen molar-refractivity contribution in [3.8, 4) is 0 Å². The number of hydrogen-bond acceptors (Lipinski definition) is 6. The number of aromatic nitrogens is 2. The van der Waals surface area contributed by atoms with Gasteiger partial charge >= 0.3 is 0 Å². The molecule has 0 radical (unpaired) electrons. The molecule has 0 saturated carbocycles. The molecule has 1 N–H and O–H groups in total. The number of rotatable bonds is 6. The normalized spacial score (nSPS) is 14.9. The van der Waals surface area contributed by atoms with E-state index in [-0.39, 0.29) is 17.6 Å². The summed E-state index contributed by atoms with van der Waals surface area (Å²) in [6, 6.07) is 9.12. The van der Waals surface area contributed by atoms with E-state index in [0.717, 1.165) is 43.5 Å². The molecule has 1 aromatic heterocycles. The number of nitrogens with one attached hydrogen (secondary N) is 1. The Bertz CT molecular complexity index is 889. The van der Waals surface area contributed by atoms with Gasteiger partial charge in [-0.15, -0.1) is 0 Å². The van der Waals surface area contributed by atoms with Gasteiger partial charge in [0.05, 0.1) is 12.2 Å². The minimum absolute atomic E-state index is 0.0598. The van der Waals surface area contributed by atoms with Gasteiger partial charge in [0.2, 0.25) is 5.91 Å². The minimum Gasteiger partial charge on any atom is -0.354 e. The summed E-state index contributed by atoms with van der Waals surface area (Å²) >= 11 is 0. The van der Waals surface area contributed by atoms with Crippen molar-refractivity contribution in [1.82, 2.24) is 14.9 Å². The van der Waals surface area contributed by atoms with Gasteiger partial charge in [0.15, 0.2) is 5.78 Å². The fourth-order valence-corrected chi connectivity index (χ4v) is 3.42. The van der Waals surface area contributed by atoms with Crippen molar-refractivity contribution in [3.05, 3.63) is 47.4 Å². The summed E-state index contributed by atoms with van der Waals surface area (Å²) in [6.45, 7) is 11.2. The Kier molecular flexibility index (Phi) is 6.59. The number of hydrogen-bond donors (Lipinski definition) is 1. The molecule has 154 valence electrons. The Morgan fingerprint density at radius 2 is 1.79 bits per heavy atom. The molecule has 2 heterocycles. The fraction of sp³-hybridized carbons (Fsp3) is 0.455. The molecule has 7 heteroatoms. The van der Waals surface area contributed by atoms with Gasteiger partial charge < -0.3 is 10.2 Å². The summed E-state index contributed by atoms with van der Waals surface area (Å²) in [6.07, 6.45) is 0. The molecule has 0 unspecified atom stereocenters. The predicted molar refractivity (Wildman–Crippen MR) is 115 cm³/mol. The van der Waals surface area contributed by atoms with E-state index in [1.165, 1.54) is 6.92 Å². The van der Waals surface area contributed by atoms with E-state index in [2.05, 4.69) is 33.9 Å². The summed E-state index contributed by atoms with van der Waals surface area (Å²) in [7, 11) is 0. The average Bonchev–Trinajstić information content (AvgIpc) is 2.68. The molecule has 1 aliphatic rings. The second-order valence-electron chi connectivity index (χ2n) is 7.79. The maximum Gasteiger partial charge on any atom is 0.238 e. The summed E-state index contributed by atoms with van der Waals surface area (Å²) in [5.74, 6) is 1.95. The van der Waals surface area contributed by atoms with Crippen LogP contribution in [0.25, 0.3) is 0 Å². The van der Waals surface area contributed by atoms with Crippen LogP contribution in [0.1, 0.15) is 48.6 Å². The van der Waals surface area contributed by atoms with E-state index in [1.807, 2.05) is 19.1 Å². The molecule has 0 spiro atoms. The third kappa shape index (κ3) is 5.38. The Hall–Kier alpha value is -2.80. The second-order valence-corrected chi connectivity index (χ2v) is 7.79. The molecular formula is C22H29N5O2. The van der Waals surface area contributed by atoms with Crippen LogP contribution >= 0.6 is 0 Å². The van der Waals surface area contributed by atoms with Crippen LogP contribution in [0.5, 0.6) is 0 Å². The van der Waals surface area contributed by atoms with E-state index < -0.39 is 0 Å². The summed E-state index contributed by atoms with van der Waals surface area (Å²) < 4.78 is 0. The first-order chi connectivity index (χ1) is 13.8. The minimum atomic E-state index is -0.105. The van der Waals surface area contributed by atoms with E-state index in [1.54, 1.807) is 18.2 Å². The van der Waals surface area contributed by atoms with Crippen LogP contribution in [0.2, 0.25) is 0 Å². The Labute approximate surface area is 172 Å². The molecule has 7 nitrogen and oxygen atoms in total. The van der Waals surface area contributed by atoms with Gasteiger partial charge in [0.25, 0.3) is 0 Å². The number of amides is 1. The third-order valence-electron chi connectivity index (χ3n) is 5.02. The number of piperazine rings is 1. The molecule has 1 amide bonds. The second kappa shape index (κ2) is 9.13. The monoisotopic (exact) mass is 395 g/mol. The van der Waals surface area contributed by atoms with Gasteiger partial charge in [-0.3, -0.25) is 14.5 Å². The van der Waals surface area contributed by atoms with Crippen LogP contribution in [0.4, 0.5) is 11.5 Å². The van der Waals surface area contributed by atoms with Gasteiger partial charge in [-0.1, -0.05) is 26.0 Å². The number of anilines is 2. The van der Waals surface area contributed by atoms with E-state index in [4.69, 9.17) is 4.98 Å². The molecule has 29 heavy (non-hydrogen) atoms. The zero-order valence-electron chi connectivity index (χ0n) is 17.6. The fourth-order valence-electron chi connectivity index (χ4n) is 3.42. The highest BCUT2D eigenvalue weighted by molar-refractivity contribution is 6.04. The first-order valence-corrected chi connectivity index (χ1v) is 10.1. The van der Waals surface area contributed by atoms with Crippen LogP contribution in [0.15, 0.2) is 30.3 Å². The lowest BCUT2D eigenvalue weighted by atomic mass is 10.1. The first-order valence-electron chi connectivity index (χ1n) is 10.1. The van der Waals surface area contributed by atoms with Crippen LogP contribution in [0, 0.1) is 6.92 Å². The van der Waals surface area contributed by atoms with Crippen LogP contribution in [0.3, 0.4) is 0 Å².